The summed E-state index contributed by atoms with van der Waals surface area (Å²) in [5.41, 5.74) is 0. The van der Waals surface area contributed by atoms with Gasteiger partial charge < -0.3 is 4.55 Å². The molecule has 0 aliphatic carbocycles. The van der Waals surface area contributed by atoms with E-state index >= 15 is 0 Å². The van der Waals surface area contributed by atoms with Crippen molar-refractivity contribution in [2.45, 2.75) is 74.6 Å². The van der Waals surface area contributed by atoms with Crippen molar-refractivity contribution in [1.82, 2.24) is 0 Å². The molecule has 0 aliphatic rings. The first-order valence-electron chi connectivity index (χ1n) is 7.11. The normalized spacial score (nSPS) is 14.2. The molecule has 0 aromatic heterocycles. The molecule has 14 heteroatoms. The molecule has 0 aromatic rings. The molecule has 152 valence electrons. The predicted octanol–water partition coefficient (Wildman–Crippen LogP) is 2.08. The Bertz CT molecular complexity index is 521. The zero-order valence-electron chi connectivity index (χ0n) is 13.7. The van der Waals surface area contributed by atoms with Crippen molar-refractivity contribution in [3.05, 3.63) is 0 Å². The smallest absolute Gasteiger partial charge is 0.743 e. The average Bonchev–Trinajstić information content (AvgIpc) is 2.38. The standard InChI is InChI=1S/C12H17F9O3S.Na/c13-9(14,11(18,19)12(20,21)25(22,23)24)7-5-3-1-2-4-6-8-10(15,16)17;/h1-8H2,(H,22,23,24);/q;+1/p-1. The van der Waals surface area contributed by atoms with Gasteiger partial charge >= 0.3 is 52.8 Å². The molecule has 0 saturated carbocycles. The Hall–Kier alpha value is 0.280. The van der Waals surface area contributed by atoms with Crippen LogP contribution in [0.1, 0.15) is 51.4 Å². The van der Waals surface area contributed by atoms with E-state index in [0.29, 0.717) is 0 Å². The van der Waals surface area contributed by atoms with Crippen molar-refractivity contribution in [2.24, 2.45) is 0 Å². The summed E-state index contributed by atoms with van der Waals surface area (Å²) >= 11 is 0. The van der Waals surface area contributed by atoms with E-state index < -0.39 is 52.7 Å². The van der Waals surface area contributed by atoms with E-state index in [1.54, 1.807) is 0 Å². The van der Waals surface area contributed by atoms with Crippen LogP contribution < -0.4 is 29.6 Å². The average molecular weight is 434 g/mol. The van der Waals surface area contributed by atoms with Crippen molar-refractivity contribution < 1.29 is 82.0 Å². The van der Waals surface area contributed by atoms with Gasteiger partial charge in [-0.15, -0.1) is 0 Å². The van der Waals surface area contributed by atoms with Gasteiger partial charge in [-0.2, -0.15) is 39.5 Å². The van der Waals surface area contributed by atoms with Gasteiger partial charge in [-0.05, 0) is 12.8 Å². The van der Waals surface area contributed by atoms with E-state index in [4.69, 9.17) is 0 Å². The van der Waals surface area contributed by atoms with Crippen LogP contribution in [0.5, 0.6) is 0 Å². The van der Waals surface area contributed by atoms with E-state index in [2.05, 4.69) is 0 Å². The maximum atomic E-state index is 13.2. The first-order valence-corrected chi connectivity index (χ1v) is 8.52. The van der Waals surface area contributed by atoms with Crippen molar-refractivity contribution >= 4 is 10.1 Å². The molecule has 0 saturated heterocycles. The summed E-state index contributed by atoms with van der Waals surface area (Å²) in [5, 5.41) is -6.47. The molecule has 0 bridgehead atoms. The third kappa shape index (κ3) is 8.11. The van der Waals surface area contributed by atoms with E-state index in [0.717, 1.165) is 0 Å². The van der Waals surface area contributed by atoms with Gasteiger partial charge in [-0.3, -0.25) is 0 Å². The number of alkyl halides is 9. The largest absolute Gasteiger partial charge is 1.00 e. The van der Waals surface area contributed by atoms with Crippen LogP contribution in [0, 0.1) is 0 Å². The van der Waals surface area contributed by atoms with Crippen LogP contribution >= 0.6 is 0 Å². The first-order chi connectivity index (χ1) is 11.0. The number of rotatable bonds is 11. The molecule has 0 aliphatic heterocycles. The summed E-state index contributed by atoms with van der Waals surface area (Å²) in [7, 11) is -7.01. The number of unbranched alkanes of at least 4 members (excludes halogenated alkanes) is 5. The minimum atomic E-state index is -7.01. The van der Waals surface area contributed by atoms with E-state index in [-0.39, 0.29) is 61.7 Å². The van der Waals surface area contributed by atoms with E-state index in [1.165, 1.54) is 0 Å². The van der Waals surface area contributed by atoms with Gasteiger partial charge in [-0.1, -0.05) is 25.7 Å². The maximum Gasteiger partial charge on any atom is 1.00 e. The molecule has 0 radical (unpaired) electrons. The number of hydrogen-bond acceptors (Lipinski definition) is 3. The summed E-state index contributed by atoms with van der Waals surface area (Å²) < 4.78 is 144. The van der Waals surface area contributed by atoms with Crippen LogP contribution in [0.2, 0.25) is 0 Å². The molecule has 0 N–H and O–H groups in total. The minimum Gasteiger partial charge on any atom is -0.743 e. The molecule has 3 nitrogen and oxygen atoms in total. The third-order valence-electron chi connectivity index (χ3n) is 3.34. The Kier molecular flexibility index (Phi) is 11.1. The van der Waals surface area contributed by atoms with Crippen LogP contribution in [-0.4, -0.2) is 36.2 Å². The molecule has 0 atom stereocenters. The predicted molar refractivity (Wildman–Crippen MR) is 67.5 cm³/mol. The Morgan fingerprint density at radius 3 is 1.35 bits per heavy atom. The summed E-state index contributed by atoms with van der Waals surface area (Å²) in [5.74, 6) is -11.8. The maximum absolute atomic E-state index is 13.2. The van der Waals surface area contributed by atoms with Crippen molar-refractivity contribution in [1.29, 1.82) is 0 Å². The fraction of sp³-hybridized carbons (Fsp3) is 1.00. The molecule has 0 heterocycles. The fourth-order valence-electron chi connectivity index (χ4n) is 1.91. The van der Waals surface area contributed by atoms with Gasteiger partial charge in [0.15, 0.2) is 10.1 Å². The Morgan fingerprint density at radius 2 is 1.00 bits per heavy atom. The quantitative estimate of drug-likeness (QED) is 0.217. The Labute approximate surface area is 166 Å². The number of halogens is 9. The van der Waals surface area contributed by atoms with Crippen LogP contribution in [0.3, 0.4) is 0 Å². The molecule has 0 amide bonds. The molecule has 0 aromatic carbocycles. The van der Waals surface area contributed by atoms with Gasteiger partial charge in [0, 0.05) is 12.8 Å². The summed E-state index contributed by atoms with van der Waals surface area (Å²) in [4.78, 5) is 0. The van der Waals surface area contributed by atoms with Crippen LogP contribution in [0.4, 0.5) is 39.5 Å². The molecular weight excluding hydrogens is 418 g/mol. The third-order valence-corrected chi connectivity index (χ3v) is 4.22. The van der Waals surface area contributed by atoms with Crippen molar-refractivity contribution in [2.75, 3.05) is 0 Å². The van der Waals surface area contributed by atoms with Crippen LogP contribution in [0.15, 0.2) is 0 Å². The Balaban J connectivity index is 0. The number of hydrogen-bond donors (Lipinski definition) is 0. The first kappa shape index (κ1) is 28.5. The molecule has 0 fully saturated rings. The summed E-state index contributed by atoms with van der Waals surface area (Å²) in [6.07, 6.45) is -7.75. The van der Waals surface area contributed by atoms with Gasteiger partial charge in [0.25, 0.3) is 0 Å². The Morgan fingerprint density at radius 1 is 0.654 bits per heavy atom. The van der Waals surface area contributed by atoms with Gasteiger partial charge in [0.05, 0.1) is 0 Å². The van der Waals surface area contributed by atoms with Crippen molar-refractivity contribution in [3.63, 3.8) is 0 Å². The van der Waals surface area contributed by atoms with Crippen LogP contribution in [-0.2, 0) is 10.1 Å². The summed E-state index contributed by atoms with van der Waals surface area (Å²) in [6.45, 7) is 0. The summed E-state index contributed by atoms with van der Waals surface area (Å²) in [6, 6.07) is 0. The second kappa shape index (κ2) is 10.2. The molecular formula is C12H16F9NaO3S. The molecule has 0 unspecified atom stereocenters. The van der Waals surface area contributed by atoms with Gasteiger partial charge in [-0.25, -0.2) is 8.42 Å². The monoisotopic (exact) mass is 434 g/mol. The van der Waals surface area contributed by atoms with Crippen molar-refractivity contribution in [3.8, 4) is 0 Å². The van der Waals surface area contributed by atoms with Crippen LogP contribution in [0.25, 0.3) is 0 Å². The second-order valence-corrected chi connectivity index (χ2v) is 6.91. The second-order valence-electron chi connectivity index (χ2n) is 5.49. The molecule has 0 spiro atoms. The topological polar surface area (TPSA) is 57.2 Å². The van der Waals surface area contributed by atoms with Gasteiger partial charge in [0.1, 0.15) is 0 Å². The zero-order valence-corrected chi connectivity index (χ0v) is 16.5. The fourth-order valence-corrected chi connectivity index (χ4v) is 2.37. The van der Waals surface area contributed by atoms with E-state index in [1.807, 2.05) is 0 Å². The molecule has 0 rings (SSSR count). The SMILES string of the molecule is O=S(=O)([O-])C(F)(F)C(F)(F)C(F)(F)CCCCCCCCC(F)(F)F.[Na+]. The molecule has 26 heavy (non-hydrogen) atoms. The zero-order chi connectivity index (χ0) is 20.2. The minimum absolute atomic E-state index is 0. The van der Waals surface area contributed by atoms with Gasteiger partial charge in [0.2, 0.25) is 0 Å². The van der Waals surface area contributed by atoms with E-state index in [9.17, 15) is 52.5 Å².